The van der Waals surface area contributed by atoms with Crippen LogP contribution in [0.4, 0.5) is 0 Å². The van der Waals surface area contributed by atoms with Gasteiger partial charge in [-0.05, 0) is 33.2 Å². The molecule has 1 amide bonds. The molecule has 3 nitrogen and oxygen atoms in total. The summed E-state index contributed by atoms with van der Waals surface area (Å²) in [4.78, 5) is 14.0. The zero-order valence-corrected chi connectivity index (χ0v) is 9.68. The zero-order chi connectivity index (χ0) is 11.3. The molecule has 1 fully saturated rings. The van der Waals surface area contributed by atoms with Gasteiger partial charge in [-0.1, -0.05) is 5.92 Å². The van der Waals surface area contributed by atoms with E-state index in [1.807, 2.05) is 13.8 Å². The summed E-state index contributed by atoms with van der Waals surface area (Å²) < 4.78 is 0. The van der Waals surface area contributed by atoms with Crippen molar-refractivity contribution in [1.29, 1.82) is 0 Å². The van der Waals surface area contributed by atoms with Crippen molar-refractivity contribution in [2.24, 2.45) is 5.41 Å². The molecule has 0 aromatic heterocycles. The van der Waals surface area contributed by atoms with Gasteiger partial charge in [-0.15, -0.1) is 6.42 Å². The highest BCUT2D eigenvalue weighted by molar-refractivity contribution is 5.83. The number of hydrogen-bond acceptors (Lipinski definition) is 2. The molecule has 1 rings (SSSR count). The summed E-state index contributed by atoms with van der Waals surface area (Å²) in [6.45, 7) is 6.90. The van der Waals surface area contributed by atoms with Gasteiger partial charge in [-0.25, -0.2) is 0 Å². The maximum Gasteiger partial charge on any atom is 0.230 e. The van der Waals surface area contributed by atoms with Crippen LogP contribution in [-0.4, -0.2) is 37.0 Å². The van der Waals surface area contributed by atoms with Gasteiger partial charge >= 0.3 is 0 Å². The van der Waals surface area contributed by atoms with Crippen LogP contribution in [-0.2, 0) is 4.79 Å². The molecular formula is C12H20N2O. The van der Waals surface area contributed by atoms with Gasteiger partial charge in [0.2, 0.25) is 5.91 Å². The summed E-state index contributed by atoms with van der Waals surface area (Å²) >= 11 is 0. The highest BCUT2D eigenvalue weighted by atomic mass is 16.2. The van der Waals surface area contributed by atoms with Gasteiger partial charge in [0.1, 0.15) is 0 Å². The second kappa shape index (κ2) is 5.18. The molecule has 1 heterocycles. The van der Waals surface area contributed by atoms with E-state index >= 15 is 0 Å². The number of hydrogen-bond donors (Lipinski definition) is 1. The number of amides is 1. The first-order chi connectivity index (χ1) is 7.14. The lowest BCUT2D eigenvalue weighted by atomic mass is 9.81. The van der Waals surface area contributed by atoms with Crippen molar-refractivity contribution in [1.82, 2.24) is 10.2 Å². The van der Waals surface area contributed by atoms with Crippen LogP contribution in [0.15, 0.2) is 0 Å². The summed E-state index contributed by atoms with van der Waals surface area (Å²) in [6, 6.07) is 0. The van der Waals surface area contributed by atoms with Crippen LogP contribution in [0.5, 0.6) is 0 Å². The van der Waals surface area contributed by atoms with Crippen LogP contribution in [0.2, 0.25) is 0 Å². The number of carbonyl (C=O) groups excluding carboxylic acids is 1. The first kappa shape index (κ1) is 12.1. The maximum absolute atomic E-state index is 12.2. The van der Waals surface area contributed by atoms with E-state index in [-0.39, 0.29) is 11.3 Å². The largest absolute Gasteiger partial charge is 0.331 e. The molecule has 1 N–H and O–H groups in total. The van der Waals surface area contributed by atoms with E-state index in [0.29, 0.717) is 13.1 Å². The second-order valence-corrected chi connectivity index (χ2v) is 4.36. The minimum atomic E-state index is -0.259. The third-order valence-corrected chi connectivity index (χ3v) is 3.06. The fourth-order valence-corrected chi connectivity index (χ4v) is 2.06. The molecule has 0 bridgehead atoms. The topological polar surface area (TPSA) is 32.3 Å². The molecular weight excluding hydrogens is 188 g/mol. The number of rotatable bonds is 3. The average Bonchev–Trinajstić information content (AvgIpc) is 2.26. The third kappa shape index (κ3) is 2.73. The smallest absolute Gasteiger partial charge is 0.230 e. The van der Waals surface area contributed by atoms with Crippen molar-refractivity contribution >= 4 is 5.91 Å². The molecule has 0 aliphatic carbocycles. The lowest BCUT2D eigenvalue weighted by molar-refractivity contribution is -0.141. The molecule has 0 aromatic carbocycles. The molecule has 3 heteroatoms. The first-order valence-electron chi connectivity index (χ1n) is 5.57. The Morgan fingerprint density at radius 3 is 2.87 bits per heavy atom. The van der Waals surface area contributed by atoms with Gasteiger partial charge < -0.3 is 10.2 Å². The van der Waals surface area contributed by atoms with Crippen LogP contribution >= 0.6 is 0 Å². The van der Waals surface area contributed by atoms with Crippen LogP contribution < -0.4 is 5.32 Å². The molecule has 15 heavy (non-hydrogen) atoms. The second-order valence-electron chi connectivity index (χ2n) is 4.36. The summed E-state index contributed by atoms with van der Waals surface area (Å²) in [5, 5.41) is 3.28. The molecule has 84 valence electrons. The zero-order valence-electron chi connectivity index (χ0n) is 9.68. The lowest BCUT2D eigenvalue weighted by Crippen LogP contribution is -2.50. The Labute approximate surface area is 92.2 Å². The van der Waals surface area contributed by atoms with Crippen LogP contribution in [0.3, 0.4) is 0 Å². The quantitative estimate of drug-likeness (QED) is 0.698. The van der Waals surface area contributed by atoms with E-state index in [1.165, 1.54) is 0 Å². The monoisotopic (exact) mass is 208 g/mol. The summed E-state index contributed by atoms with van der Waals surface area (Å²) in [6.07, 6.45) is 7.28. The number of nitrogens with zero attached hydrogens (tertiary/aromatic N) is 1. The Kier molecular flexibility index (Phi) is 4.16. The van der Waals surface area contributed by atoms with Crippen molar-refractivity contribution in [2.45, 2.75) is 26.7 Å². The minimum Gasteiger partial charge on any atom is -0.331 e. The SMILES string of the molecule is C#CCN(CC)C(=O)C1(C)CCCNC1. The Bertz CT molecular complexity index is 261. The number of piperidine rings is 1. The predicted molar refractivity (Wildman–Crippen MR) is 61.3 cm³/mol. The minimum absolute atomic E-state index is 0.190. The molecule has 1 unspecified atom stereocenters. The molecule has 1 aliphatic rings. The molecule has 1 aliphatic heterocycles. The molecule has 0 aromatic rings. The van der Waals surface area contributed by atoms with Gasteiger partial charge in [-0.2, -0.15) is 0 Å². The van der Waals surface area contributed by atoms with E-state index < -0.39 is 0 Å². The molecule has 1 saturated heterocycles. The fraction of sp³-hybridized carbons (Fsp3) is 0.750. The van der Waals surface area contributed by atoms with Crippen molar-refractivity contribution in [3.8, 4) is 12.3 Å². The van der Waals surface area contributed by atoms with Gasteiger partial charge in [0.05, 0.1) is 12.0 Å². The fourth-order valence-electron chi connectivity index (χ4n) is 2.06. The summed E-state index contributed by atoms with van der Waals surface area (Å²) in [7, 11) is 0. The highest BCUT2D eigenvalue weighted by Gasteiger charge is 2.36. The highest BCUT2D eigenvalue weighted by Crippen LogP contribution is 2.27. The Hall–Kier alpha value is -1.01. The Balaban J connectivity index is 2.68. The van der Waals surface area contributed by atoms with Crippen molar-refractivity contribution in [3.63, 3.8) is 0 Å². The molecule has 0 saturated carbocycles. The molecule has 0 radical (unpaired) electrons. The van der Waals surface area contributed by atoms with E-state index in [4.69, 9.17) is 6.42 Å². The molecule has 1 atom stereocenters. The van der Waals surface area contributed by atoms with Crippen molar-refractivity contribution in [3.05, 3.63) is 0 Å². The van der Waals surface area contributed by atoms with Crippen LogP contribution in [0.25, 0.3) is 0 Å². The predicted octanol–water partition coefficient (Wildman–Crippen LogP) is 0.858. The average molecular weight is 208 g/mol. The van der Waals surface area contributed by atoms with Crippen molar-refractivity contribution in [2.75, 3.05) is 26.2 Å². The normalized spacial score (nSPS) is 25.7. The van der Waals surface area contributed by atoms with E-state index in [1.54, 1.807) is 4.90 Å². The van der Waals surface area contributed by atoms with E-state index in [9.17, 15) is 4.79 Å². The maximum atomic E-state index is 12.2. The lowest BCUT2D eigenvalue weighted by Gasteiger charge is -2.36. The van der Waals surface area contributed by atoms with E-state index in [2.05, 4.69) is 11.2 Å². The van der Waals surface area contributed by atoms with Crippen molar-refractivity contribution < 1.29 is 4.79 Å². The Morgan fingerprint density at radius 2 is 2.40 bits per heavy atom. The standard InChI is InChI=1S/C12H20N2O/c1-4-9-14(5-2)11(15)12(3)7-6-8-13-10-12/h1,13H,5-10H2,2-3H3. The third-order valence-electron chi connectivity index (χ3n) is 3.06. The van der Waals surface area contributed by atoms with Crippen LogP contribution in [0, 0.1) is 17.8 Å². The van der Waals surface area contributed by atoms with Gasteiger partial charge in [-0.3, -0.25) is 4.79 Å². The van der Waals surface area contributed by atoms with Gasteiger partial charge in [0, 0.05) is 13.1 Å². The number of terminal acetylenes is 1. The van der Waals surface area contributed by atoms with Gasteiger partial charge in [0.15, 0.2) is 0 Å². The number of nitrogens with one attached hydrogen (secondary N) is 1. The Morgan fingerprint density at radius 1 is 1.67 bits per heavy atom. The summed E-state index contributed by atoms with van der Waals surface area (Å²) in [5.74, 6) is 2.73. The molecule has 0 spiro atoms. The van der Waals surface area contributed by atoms with Crippen LogP contribution in [0.1, 0.15) is 26.7 Å². The van der Waals surface area contributed by atoms with Gasteiger partial charge in [0.25, 0.3) is 0 Å². The van der Waals surface area contributed by atoms with E-state index in [0.717, 1.165) is 25.9 Å². The summed E-state index contributed by atoms with van der Waals surface area (Å²) in [5.41, 5.74) is -0.259. The first-order valence-corrected chi connectivity index (χ1v) is 5.57. The number of carbonyl (C=O) groups is 1.